The second-order valence-electron chi connectivity index (χ2n) is 3.57. The zero-order valence-corrected chi connectivity index (χ0v) is 11.3. The van der Waals surface area contributed by atoms with Crippen LogP contribution in [0.4, 0.5) is 8.78 Å². The van der Waals surface area contributed by atoms with Gasteiger partial charge in [-0.15, -0.1) is 0 Å². The Morgan fingerprint density at radius 1 is 1.37 bits per heavy atom. The van der Waals surface area contributed by atoms with Crippen molar-refractivity contribution in [3.05, 3.63) is 36.0 Å². The maximum absolute atomic E-state index is 12.9. The number of methoxy groups -OCH3 is 1. The van der Waals surface area contributed by atoms with Crippen molar-refractivity contribution in [2.75, 3.05) is 7.11 Å². The van der Waals surface area contributed by atoms with Crippen molar-refractivity contribution in [2.45, 2.75) is 5.02 Å². The zero-order chi connectivity index (χ0) is 14.0. The lowest BCUT2D eigenvalue weighted by Gasteiger charge is -2.14. The maximum Gasteiger partial charge on any atom is 0.459 e. The predicted octanol–water partition coefficient (Wildman–Crippen LogP) is 3.35. The summed E-state index contributed by atoms with van der Waals surface area (Å²) in [7, 11) is 1.13. The summed E-state index contributed by atoms with van der Waals surface area (Å²) in [5.41, 5.74) is 0.175. The predicted molar refractivity (Wildman–Crippen MR) is 67.6 cm³/mol. The first-order valence-electron chi connectivity index (χ1n) is 5.14. The van der Waals surface area contributed by atoms with Gasteiger partial charge in [0.1, 0.15) is 0 Å². The third kappa shape index (κ3) is 3.17. The van der Waals surface area contributed by atoms with Crippen molar-refractivity contribution in [3.63, 3.8) is 0 Å². The Hall–Kier alpha value is -1.76. The van der Waals surface area contributed by atoms with Crippen LogP contribution in [0.1, 0.15) is 10.5 Å². The number of alkyl halides is 3. The first-order valence-corrected chi connectivity index (χ1v) is 5.94. The minimum absolute atomic E-state index is 0.305. The largest absolute Gasteiger partial charge is 0.464 e. The van der Waals surface area contributed by atoms with Gasteiger partial charge in [-0.1, -0.05) is 18.2 Å². The van der Waals surface area contributed by atoms with E-state index in [0.29, 0.717) is 10.9 Å². The number of aromatic nitrogens is 1. The highest BCUT2D eigenvalue weighted by Crippen LogP contribution is 2.31. The number of rotatable bonds is 3. The molecule has 0 N–H and O–H groups in total. The van der Waals surface area contributed by atoms with E-state index in [1.807, 2.05) is 15.9 Å². The van der Waals surface area contributed by atoms with Gasteiger partial charge >= 0.3 is 11.0 Å². The van der Waals surface area contributed by atoms with Gasteiger partial charge in [0.25, 0.3) is 0 Å². The monoisotopic (exact) mass is 331 g/mol. The van der Waals surface area contributed by atoms with Crippen molar-refractivity contribution in [1.82, 2.24) is 4.98 Å². The van der Waals surface area contributed by atoms with Gasteiger partial charge in [0.15, 0.2) is 11.4 Å². The third-order valence-corrected chi connectivity index (χ3v) is 2.46. The number of benzene rings is 1. The van der Waals surface area contributed by atoms with Crippen LogP contribution in [0.25, 0.3) is 10.9 Å². The van der Waals surface area contributed by atoms with Gasteiger partial charge < -0.3 is 9.47 Å². The molecule has 0 fully saturated rings. The Bertz CT molecular complexity index is 628. The average Bonchev–Trinajstić information content (AvgIpc) is 2.35. The summed E-state index contributed by atoms with van der Waals surface area (Å²) in [5.74, 6) is -1.20. The second kappa shape index (κ2) is 5.08. The van der Waals surface area contributed by atoms with Gasteiger partial charge in [-0.05, 0) is 12.1 Å². The Morgan fingerprint density at radius 2 is 2.05 bits per heavy atom. The lowest BCUT2D eigenvalue weighted by atomic mass is 10.2. The number of carbonyl (C=O) groups is 1. The number of ether oxygens (including phenoxy) is 2. The molecule has 0 saturated heterocycles. The molecule has 100 valence electrons. The highest BCUT2D eigenvalue weighted by atomic mass is 79.9. The molecule has 19 heavy (non-hydrogen) atoms. The molecule has 0 radical (unpaired) electrons. The standard InChI is InChI=1S/C12H8BrF2NO3/c1-18-11(17)10-9(19-12(13,14)15)6-7-4-2-3-5-8(7)16-10/h2-6H,1H3. The van der Waals surface area contributed by atoms with Gasteiger partial charge in [-0.3, -0.25) is 0 Å². The molecular weight excluding hydrogens is 324 g/mol. The van der Waals surface area contributed by atoms with E-state index in [9.17, 15) is 13.6 Å². The molecule has 2 aromatic rings. The van der Waals surface area contributed by atoms with Gasteiger partial charge in [-0.2, -0.15) is 8.78 Å². The van der Waals surface area contributed by atoms with Crippen molar-refractivity contribution in [1.29, 1.82) is 0 Å². The van der Waals surface area contributed by atoms with Crippen molar-refractivity contribution in [2.24, 2.45) is 0 Å². The summed E-state index contributed by atoms with van der Waals surface area (Å²) in [6, 6.07) is 8.07. The van der Waals surface area contributed by atoms with Crippen LogP contribution in [0.5, 0.6) is 5.75 Å². The first kappa shape index (κ1) is 13.7. The number of pyridine rings is 1. The molecule has 0 bridgehead atoms. The van der Waals surface area contributed by atoms with Crippen LogP contribution in [-0.2, 0) is 4.74 Å². The molecule has 0 aliphatic rings. The van der Waals surface area contributed by atoms with E-state index in [1.165, 1.54) is 6.07 Å². The summed E-state index contributed by atoms with van der Waals surface area (Å²) < 4.78 is 34.6. The fraction of sp³-hybridized carbons (Fsp3) is 0.167. The highest BCUT2D eigenvalue weighted by molar-refractivity contribution is 9.09. The van der Waals surface area contributed by atoms with Gasteiger partial charge in [0.05, 0.1) is 12.6 Å². The van der Waals surface area contributed by atoms with Crippen LogP contribution in [0.2, 0.25) is 0 Å². The molecule has 1 aromatic heterocycles. The van der Waals surface area contributed by atoms with Crippen LogP contribution >= 0.6 is 15.9 Å². The molecule has 0 amide bonds. The SMILES string of the molecule is COC(=O)c1nc2ccccc2cc1OC(F)(F)Br. The summed E-state index contributed by atoms with van der Waals surface area (Å²) >= 11 is 2.05. The van der Waals surface area contributed by atoms with Crippen LogP contribution in [0, 0.1) is 0 Å². The minimum Gasteiger partial charge on any atom is -0.464 e. The number of nitrogens with zero attached hydrogens (tertiary/aromatic N) is 1. The Balaban J connectivity index is 2.60. The smallest absolute Gasteiger partial charge is 0.459 e. The number of fused-ring (bicyclic) bond motifs is 1. The molecule has 4 nitrogen and oxygen atoms in total. The van der Waals surface area contributed by atoms with Crippen LogP contribution in [0.15, 0.2) is 30.3 Å². The fourth-order valence-corrected chi connectivity index (χ4v) is 1.72. The highest BCUT2D eigenvalue weighted by Gasteiger charge is 2.30. The van der Waals surface area contributed by atoms with Gasteiger partial charge in [0.2, 0.25) is 0 Å². The van der Waals surface area contributed by atoms with E-state index in [0.717, 1.165) is 7.11 Å². The van der Waals surface area contributed by atoms with Crippen molar-refractivity contribution < 1.29 is 23.0 Å². The summed E-state index contributed by atoms with van der Waals surface area (Å²) in [6.45, 7) is 0. The average molecular weight is 332 g/mol. The number of hydrogen-bond acceptors (Lipinski definition) is 4. The van der Waals surface area contributed by atoms with Crippen LogP contribution in [-0.4, -0.2) is 23.1 Å². The Labute approximate surface area is 115 Å². The van der Waals surface area contributed by atoms with E-state index < -0.39 is 11.0 Å². The molecule has 0 saturated carbocycles. The first-order chi connectivity index (χ1) is 8.90. The second-order valence-corrected chi connectivity index (χ2v) is 4.49. The fourth-order valence-electron chi connectivity index (χ4n) is 1.54. The van der Waals surface area contributed by atoms with E-state index in [2.05, 4.69) is 14.5 Å². The topological polar surface area (TPSA) is 48.4 Å². The summed E-state index contributed by atoms with van der Waals surface area (Å²) in [6.07, 6.45) is 0. The molecule has 1 heterocycles. The van der Waals surface area contributed by atoms with E-state index in [1.54, 1.807) is 24.3 Å². The lowest BCUT2D eigenvalue weighted by molar-refractivity contribution is -0.0808. The molecular formula is C12H8BrF2NO3. The van der Waals surface area contributed by atoms with Crippen molar-refractivity contribution in [3.8, 4) is 5.75 Å². The molecule has 1 aromatic carbocycles. The summed E-state index contributed by atoms with van der Waals surface area (Å²) in [5, 5.41) is -3.03. The minimum atomic E-state index is -3.60. The van der Waals surface area contributed by atoms with E-state index >= 15 is 0 Å². The van der Waals surface area contributed by atoms with E-state index in [-0.39, 0.29) is 11.4 Å². The zero-order valence-electron chi connectivity index (χ0n) is 9.69. The van der Waals surface area contributed by atoms with E-state index in [4.69, 9.17) is 0 Å². The Morgan fingerprint density at radius 3 is 2.68 bits per heavy atom. The Kier molecular flexibility index (Phi) is 3.66. The third-order valence-electron chi connectivity index (χ3n) is 2.29. The molecule has 7 heteroatoms. The molecule has 0 unspecified atom stereocenters. The molecule has 0 aliphatic carbocycles. The molecule has 0 spiro atoms. The van der Waals surface area contributed by atoms with Crippen molar-refractivity contribution >= 4 is 32.8 Å². The quantitative estimate of drug-likeness (QED) is 0.639. The number of hydrogen-bond donors (Lipinski definition) is 0. The number of para-hydroxylation sites is 1. The lowest BCUT2D eigenvalue weighted by Crippen LogP contribution is -2.18. The molecule has 0 aliphatic heterocycles. The molecule has 2 rings (SSSR count). The molecule has 0 atom stereocenters. The number of carbonyl (C=O) groups excluding carboxylic acids is 1. The van der Waals surface area contributed by atoms with Crippen LogP contribution in [0.3, 0.4) is 0 Å². The van der Waals surface area contributed by atoms with Gasteiger partial charge in [-0.25, -0.2) is 9.78 Å². The normalized spacial score (nSPS) is 11.4. The summed E-state index contributed by atoms with van der Waals surface area (Å²) in [4.78, 5) is 15.5. The number of halogens is 3. The maximum atomic E-state index is 12.9. The number of esters is 1. The van der Waals surface area contributed by atoms with Crippen LogP contribution < -0.4 is 4.74 Å². The van der Waals surface area contributed by atoms with Gasteiger partial charge in [0, 0.05) is 21.3 Å².